The minimum Gasteiger partial charge on any atom is -0.391 e. The average Bonchev–Trinajstić information content (AvgIpc) is 3.02. The van der Waals surface area contributed by atoms with Crippen LogP contribution < -0.4 is 5.32 Å². The molecule has 2 rings (SSSR count). The lowest BCUT2D eigenvalue weighted by molar-refractivity contribution is -0.130. The molecule has 2 unspecified atom stereocenters. The molecule has 1 heterocycles. The summed E-state index contributed by atoms with van der Waals surface area (Å²) in [6, 6.07) is 0. The highest BCUT2D eigenvalue weighted by Gasteiger charge is 2.39. The Labute approximate surface area is 114 Å². The van der Waals surface area contributed by atoms with Crippen LogP contribution in [0.3, 0.4) is 0 Å². The van der Waals surface area contributed by atoms with Crippen LogP contribution in [0.4, 0.5) is 0 Å². The Morgan fingerprint density at radius 3 is 2.68 bits per heavy atom. The molecule has 2 amide bonds. The quantitative estimate of drug-likeness (QED) is 0.764. The van der Waals surface area contributed by atoms with Crippen molar-refractivity contribution in [3.63, 3.8) is 0 Å². The number of amides is 2. The Morgan fingerprint density at radius 1 is 1.53 bits per heavy atom. The minimum atomic E-state index is -0.663. The van der Waals surface area contributed by atoms with Crippen LogP contribution >= 0.6 is 0 Å². The molecule has 2 N–H and O–H groups in total. The summed E-state index contributed by atoms with van der Waals surface area (Å²) in [4.78, 5) is 25.8. The molecule has 0 spiro atoms. The molecule has 1 aliphatic carbocycles. The molecule has 2 aliphatic rings. The number of aliphatic hydroxyl groups excluding tert-OH is 1. The van der Waals surface area contributed by atoms with E-state index in [0.717, 1.165) is 6.54 Å². The molecule has 5 nitrogen and oxygen atoms in total. The summed E-state index contributed by atoms with van der Waals surface area (Å²) in [6.07, 6.45) is 2.08. The van der Waals surface area contributed by atoms with E-state index >= 15 is 0 Å². The molecular formula is C14H24N2O3. The fraction of sp³-hybridized carbons (Fsp3) is 0.857. The van der Waals surface area contributed by atoms with Crippen molar-refractivity contribution in [3.8, 4) is 0 Å². The predicted octanol–water partition coefficient (Wildman–Crippen LogP) is 0.520. The summed E-state index contributed by atoms with van der Waals surface area (Å²) in [5.74, 6) is 0.336. The number of nitrogens with one attached hydrogen (secondary N) is 1. The van der Waals surface area contributed by atoms with E-state index in [2.05, 4.69) is 5.32 Å². The Bertz CT molecular complexity index is 375. The van der Waals surface area contributed by atoms with E-state index < -0.39 is 11.6 Å². The standard InChI is InChI=1S/C14H24N2O3/c1-9(17)14(2,3)15-13(19)11-6-12(18)16(8-11)7-10-4-5-10/h9-11,17H,4-8H2,1-3H3,(H,15,19). The first kappa shape index (κ1) is 14.3. The molecule has 108 valence electrons. The smallest absolute Gasteiger partial charge is 0.225 e. The maximum Gasteiger partial charge on any atom is 0.225 e. The van der Waals surface area contributed by atoms with Crippen LogP contribution in [-0.4, -0.2) is 46.6 Å². The summed E-state index contributed by atoms with van der Waals surface area (Å²) in [6.45, 7) is 6.56. The molecule has 0 aromatic rings. The second-order valence-corrected chi connectivity index (χ2v) is 6.53. The molecule has 0 bridgehead atoms. The third kappa shape index (κ3) is 3.47. The van der Waals surface area contributed by atoms with Gasteiger partial charge in [-0.05, 0) is 39.5 Å². The molecule has 2 atom stereocenters. The molecule has 19 heavy (non-hydrogen) atoms. The molecular weight excluding hydrogens is 244 g/mol. The fourth-order valence-electron chi connectivity index (χ4n) is 2.26. The van der Waals surface area contributed by atoms with Gasteiger partial charge in [-0.3, -0.25) is 9.59 Å². The lowest BCUT2D eigenvalue weighted by Gasteiger charge is -2.30. The highest BCUT2D eigenvalue weighted by molar-refractivity contribution is 5.89. The number of rotatable bonds is 5. The van der Waals surface area contributed by atoms with Gasteiger partial charge < -0.3 is 15.3 Å². The van der Waals surface area contributed by atoms with Gasteiger partial charge in [-0.15, -0.1) is 0 Å². The predicted molar refractivity (Wildman–Crippen MR) is 71.3 cm³/mol. The van der Waals surface area contributed by atoms with E-state index in [-0.39, 0.29) is 17.7 Å². The summed E-state index contributed by atoms with van der Waals surface area (Å²) in [7, 11) is 0. The van der Waals surface area contributed by atoms with Gasteiger partial charge in [-0.2, -0.15) is 0 Å². The number of carbonyl (C=O) groups is 2. The first-order valence-electron chi connectivity index (χ1n) is 7.07. The Kier molecular flexibility index (Phi) is 3.85. The lowest BCUT2D eigenvalue weighted by Crippen LogP contribution is -2.53. The van der Waals surface area contributed by atoms with Gasteiger partial charge in [0.1, 0.15) is 0 Å². The van der Waals surface area contributed by atoms with Crippen molar-refractivity contribution in [2.45, 2.75) is 51.7 Å². The largest absolute Gasteiger partial charge is 0.391 e. The van der Waals surface area contributed by atoms with Gasteiger partial charge in [0.2, 0.25) is 11.8 Å². The average molecular weight is 268 g/mol. The first-order chi connectivity index (χ1) is 8.79. The molecule has 1 aliphatic heterocycles. The first-order valence-corrected chi connectivity index (χ1v) is 7.07. The SMILES string of the molecule is CC(O)C(C)(C)NC(=O)C1CC(=O)N(CC2CC2)C1. The van der Waals surface area contributed by atoms with E-state index in [1.807, 2.05) is 4.90 Å². The van der Waals surface area contributed by atoms with Crippen LogP contribution in [0.1, 0.15) is 40.0 Å². The number of aliphatic hydroxyl groups is 1. The maximum atomic E-state index is 12.2. The van der Waals surface area contributed by atoms with Crippen molar-refractivity contribution in [1.29, 1.82) is 0 Å². The summed E-state index contributed by atoms with van der Waals surface area (Å²) < 4.78 is 0. The zero-order chi connectivity index (χ0) is 14.2. The highest BCUT2D eigenvalue weighted by atomic mass is 16.3. The van der Waals surface area contributed by atoms with Crippen LogP contribution in [-0.2, 0) is 9.59 Å². The molecule has 2 fully saturated rings. The molecule has 0 aromatic heterocycles. The molecule has 0 radical (unpaired) electrons. The molecule has 5 heteroatoms. The van der Waals surface area contributed by atoms with Gasteiger partial charge in [-0.25, -0.2) is 0 Å². The summed E-state index contributed by atoms with van der Waals surface area (Å²) in [5, 5.41) is 12.5. The molecule has 0 aromatic carbocycles. The van der Waals surface area contributed by atoms with Gasteiger partial charge in [0.15, 0.2) is 0 Å². The number of likely N-dealkylation sites (tertiary alicyclic amines) is 1. The molecule has 1 saturated carbocycles. The second kappa shape index (κ2) is 5.12. The Morgan fingerprint density at radius 2 is 2.16 bits per heavy atom. The zero-order valence-electron chi connectivity index (χ0n) is 12.0. The number of hydrogen-bond acceptors (Lipinski definition) is 3. The third-order valence-corrected chi connectivity index (χ3v) is 4.25. The van der Waals surface area contributed by atoms with Gasteiger partial charge in [0, 0.05) is 19.5 Å². The van der Waals surface area contributed by atoms with Crippen molar-refractivity contribution in [2.75, 3.05) is 13.1 Å². The number of hydrogen-bond donors (Lipinski definition) is 2. The van der Waals surface area contributed by atoms with E-state index in [9.17, 15) is 14.7 Å². The van der Waals surface area contributed by atoms with Crippen molar-refractivity contribution < 1.29 is 14.7 Å². The van der Waals surface area contributed by atoms with Crippen LogP contribution in [0.2, 0.25) is 0 Å². The Balaban J connectivity index is 1.88. The van der Waals surface area contributed by atoms with Crippen LogP contribution in [0.5, 0.6) is 0 Å². The normalized spacial score (nSPS) is 25.6. The van der Waals surface area contributed by atoms with Crippen LogP contribution in [0.25, 0.3) is 0 Å². The highest BCUT2D eigenvalue weighted by Crippen LogP contribution is 2.32. The van der Waals surface area contributed by atoms with Gasteiger partial charge in [-0.1, -0.05) is 0 Å². The Hall–Kier alpha value is -1.10. The minimum absolute atomic E-state index is 0.0851. The third-order valence-electron chi connectivity index (χ3n) is 4.25. The van der Waals surface area contributed by atoms with E-state index in [1.165, 1.54) is 12.8 Å². The van der Waals surface area contributed by atoms with Crippen molar-refractivity contribution in [1.82, 2.24) is 10.2 Å². The zero-order valence-corrected chi connectivity index (χ0v) is 12.0. The summed E-state index contributed by atoms with van der Waals surface area (Å²) >= 11 is 0. The molecule has 1 saturated heterocycles. The van der Waals surface area contributed by atoms with Crippen molar-refractivity contribution in [3.05, 3.63) is 0 Å². The summed E-state index contributed by atoms with van der Waals surface area (Å²) in [5.41, 5.74) is -0.663. The number of carbonyl (C=O) groups excluding carboxylic acids is 2. The van der Waals surface area contributed by atoms with Crippen LogP contribution in [0.15, 0.2) is 0 Å². The van der Waals surface area contributed by atoms with E-state index in [1.54, 1.807) is 20.8 Å². The monoisotopic (exact) mass is 268 g/mol. The second-order valence-electron chi connectivity index (χ2n) is 6.53. The fourth-order valence-corrected chi connectivity index (χ4v) is 2.26. The van der Waals surface area contributed by atoms with Crippen molar-refractivity contribution in [2.24, 2.45) is 11.8 Å². The number of nitrogens with zero attached hydrogens (tertiary/aromatic N) is 1. The topological polar surface area (TPSA) is 69.6 Å². The van der Waals surface area contributed by atoms with Gasteiger partial charge >= 0.3 is 0 Å². The van der Waals surface area contributed by atoms with Gasteiger partial charge in [0.05, 0.1) is 17.6 Å². The van der Waals surface area contributed by atoms with Gasteiger partial charge in [0.25, 0.3) is 0 Å². The van der Waals surface area contributed by atoms with Crippen LogP contribution in [0, 0.1) is 11.8 Å². The lowest BCUT2D eigenvalue weighted by atomic mass is 9.97. The van der Waals surface area contributed by atoms with E-state index in [0.29, 0.717) is 18.9 Å². The maximum absolute atomic E-state index is 12.2. The van der Waals surface area contributed by atoms with E-state index in [4.69, 9.17) is 0 Å². The van der Waals surface area contributed by atoms with Crippen molar-refractivity contribution >= 4 is 11.8 Å².